The van der Waals surface area contributed by atoms with Gasteiger partial charge in [0.2, 0.25) is 5.89 Å². The summed E-state index contributed by atoms with van der Waals surface area (Å²) in [6.07, 6.45) is 3.89. The van der Waals surface area contributed by atoms with Crippen molar-refractivity contribution < 1.29 is 18.7 Å². The Balaban J connectivity index is 1.32. The van der Waals surface area contributed by atoms with Gasteiger partial charge in [0.1, 0.15) is 12.4 Å². The van der Waals surface area contributed by atoms with E-state index in [0.29, 0.717) is 29.6 Å². The molecule has 0 spiro atoms. The summed E-state index contributed by atoms with van der Waals surface area (Å²) in [7, 11) is 0. The van der Waals surface area contributed by atoms with Crippen LogP contribution in [0.5, 0.6) is 5.75 Å². The van der Waals surface area contributed by atoms with Crippen molar-refractivity contribution >= 4 is 5.91 Å². The maximum Gasteiger partial charge on any atom is 0.251 e. The summed E-state index contributed by atoms with van der Waals surface area (Å²) in [4.78, 5) is 16.7. The number of aromatic nitrogens is 1. The normalized spacial score (nSPS) is 16.1. The number of rotatable bonds is 7. The SMILES string of the molecule is O=C(NCc1ncc(-c2ccccc2)o1)c1cccc(OCC2CCCO2)c1. The number of ether oxygens (including phenoxy) is 2. The van der Waals surface area contributed by atoms with Crippen molar-refractivity contribution in [1.29, 1.82) is 0 Å². The fraction of sp³-hybridized carbons (Fsp3) is 0.273. The fourth-order valence-corrected chi connectivity index (χ4v) is 3.08. The van der Waals surface area contributed by atoms with Crippen LogP contribution in [0.25, 0.3) is 11.3 Å². The third-order valence-corrected chi connectivity index (χ3v) is 4.57. The van der Waals surface area contributed by atoms with Gasteiger partial charge in [0.25, 0.3) is 5.91 Å². The van der Waals surface area contributed by atoms with Crippen LogP contribution in [0.1, 0.15) is 29.1 Å². The Morgan fingerprint density at radius 1 is 1.18 bits per heavy atom. The lowest BCUT2D eigenvalue weighted by Crippen LogP contribution is -2.23. The van der Waals surface area contributed by atoms with Crippen LogP contribution < -0.4 is 10.1 Å². The van der Waals surface area contributed by atoms with E-state index in [1.54, 1.807) is 24.4 Å². The highest BCUT2D eigenvalue weighted by Crippen LogP contribution is 2.20. The molecule has 2 heterocycles. The molecule has 3 aromatic rings. The zero-order valence-corrected chi connectivity index (χ0v) is 15.5. The van der Waals surface area contributed by atoms with Crippen LogP contribution in [0.3, 0.4) is 0 Å². The molecule has 1 N–H and O–H groups in total. The minimum atomic E-state index is -0.206. The van der Waals surface area contributed by atoms with E-state index in [1.807, 2.05) is 36.4 Å². The van der Waals surface area contributed by atoms with Crippen molar-refractivity contribution in [3.63, 3.8) is 0 Å². The Hall–Kier alpha value is -3.12. The van der Waals surface area contributed by atoms with E-state index in [2.05, 4.69) is 10.3 Å². The van der Waals surface area contributed by atoms with Crippen LogP contribution >= 0.6 is 0 Å². The molecule has 0 aliphatic carbocycles. The predicted octanol–water partition coefficient (Wildman–Crippen LogP) is 3.83. The molecule has 0 saturated carbocycles. The molecular formula is C22H22N2O4. The van der Waals surface area contributed by atoms with Crippen molar-refractivity contribution in [2.75, 3.05) is 13.2 Å². The van der Waals surface area contributed by atoms with Crippen LogP contribution in [0.4, 0.5) is 0 Å². The van der Waals surface area contributed by atoms with Gasteiger partial charge in [-0.25, -0.2) is 4.98 Å². The third kappa shape index (κ3) is 4.58. The molecule has 1 atom stereocenters. The Morgan fingerprint density at radius 3 is 2.89 bits per heavy atom. The van der Waals surface area contributed by atoms with E-state index in [0.717, 1.165) is 25.0 Å². The lowest BCUT2D eigenvalue weighted by Gasteiger charge is -2.12. The summed E-state index contributed by atoms with van der Waals surface area (Å²) in [5.74, 6) is 1.58. The molecule has 0 bridgehead atoms. The van der Waals surface area contributed by atoms with Gasteiger partial charge in [0.05, 0.1) is 18.8 Å². The van der Waals surface area contributed by atoms with Gasteiger partial charge in [0.15, 0.2) is 5.76 Å². The number of carbonyl (C=O) groups excluding carboxylic acids is 1. The lowest BCUT2D eigenvalue weighted by molar-refractivity contribution is 0.0679. The first kappa shape index (κ1) is 18.3. The monoisotopic (exact) mass is 378 g/mol. The number of nitrogens with one attached hydrogen (secondary N) is 1. The van der Waals surface area contributed by atoms with Gasteiger partial charge < -0.3 is 19.2 Å². The standard InChI is InChI=1S/C22H22N2O4/c25-22(17-8-4-9-18(12-17)27-15-19-10-5-11-26-19)24-14-21-23-13-20(28-21)16-6-2-1-3-7-16/h1-4,6-9,12-13,19H,5,10-11,14-15H2,(H,24,25). The first-order valence-corrected chi connectivity index (χ1v) is 9.41. The van der Waals surface area contributed by atoms with Crippen molar-refractivity contribution in [2.45, 2.75) is 25.5 Å². The smallest absolute Gasteiger partial charge is 0.251 e. The maximum atomic E-state index is 12.4. The van der Waals surface area contributed by atoms with E-state index in [4.69, 9.17) is 13.9 Å². The number of oxazole rings is 1. The molecule has 1 aliphatic heterocycles. The van der Waals surface area contributed by atoms with Gasteiger partial charge in [-0.05, 0) is 31.0 Å². The van der Waals surface area contributed by atoms with Crippen molar-refractivity contribution in [2.24, 2.45) is 0 Å². The minimum Gasteiger partial charge on any atom is -0.491 e. The molecule has 6 nitrogen and oxygen atoms in total. The molecule has 0 radical (unpaired) electrons. The summed E-state index contributed by atoms with van der Waals surface area (Å²) >= 11 is 0. The molecule has 1 unspecified atom stereocenters. The van der Waals surface area contributed by atoms with Crippen molar-refractivity contribution in [1.82, 2.24) is 10.3 Å². The molecule has 2 aromatic carbocycles. The Morgan fingerprint density at radius 2 is 2.07 bits per heavy atom. The quantitative estimate of drug-likeness (QED) is 0.676. The molecule has 144 valence electrons. The molecular weight excluding hydrogens is 356 g/mol. The molecule has 6 heteroatoms. The van der Waals surface area contributed by atoms with Crippen LogP contribution in [0.2, 0.25) is 0 Å². The van der Waals surface area contributed by atoms with Crippen molar-refractivity contribution in [3.8, 4) is 17.1 Å². The first-order chi connectivity index (χ1) is 13.8. The second-order valence-electron chi connectivity index (χ2n) is 6.64. The molecule has 28 heavy (non-hydrogen) atoms. The zero-order valence-electron chi connectivity index (χ0n) is 15.5. The molecule has 1 saturated heterocycles. The highest BCUT2D eigenvalue weighted by molar-refractivity contribution is 5.94. The minimum absolute atomic E-state index is 0.140. The van der Waals surface area contributed by atoms with Gasteiger partial charge >= 0.3 is 0 Å². The molecule has 1 aliphatic rings. The van der Waals surface area contributed by atoms with Crippen LogP contribution in [-0.2, 0) is 11.3 Å². The average molecular weight is 378 g/mol. The Kier molecular flexibility index (Phi) is 5.68. The van der Waals surface area contributed by atoms with E-state index < -0.39 is 0 Å². The highest BCUT2D eigenvalue weighted by Gasteiger charge is 2.16. The van der Waals surface area contributed by atoms with Gasteiger partial charge in [-0.15, -0.1) is 0 Å². The van der Waals surface area contributed by atoms with E-state index in [-0.39, 0.29) is 18.6 Å². The van der Waals surface area contributed by atoms with Gasteiger partial charge in [-0.1, -0.05) is 36.4 Å². The van der Waals surface area contributed by atoms with Crippen LogP contribution in [-0.4, -0.2) is 30.2 Å². The Bertz CT molecular complexity index is 917. The predicted molar refractivity (Wildman–Crippen MR) is 104 cm³/mol. The number of nitrogens with zero attached hydrogens (tertiary/aromatic N) is 1. The highest BCUT2D eigenvalue weighted by atomic mass is 16.5. The van der Waals surface area contributed by atoms with Gasteiger partial charge in [0, 0.05) is 17.7 Å². The number of carbonyl (C=O) groups is 1. The first-order valence-electron chi connectivity index (χ1n) is 9.41. The molecule has 4 rings (SSSR count). The Labute approximate surface area is 163 Å². The second-order valence-corrected chi connectivity index (χ2v) is 6.64. The zero-order chi connectivity index (χ0) is 19.2. The second kappa shape index (κ2) is 8.71. The van der Waals surface area contributed by atoms with Crippen molar-refractivity contribution in [3.05, 3.63) is 72.2 Å². The number of hydrogen-bond acceptors (Lipinski definition) is 5. The third-order valence-electron chi connectivity index (χ3n) is 4.57. The summed E-state index contributed by atoms with van der Waals surface area (Å²) in [5.41, 5.74) is 1.48. The summed E-state index contributed by atoms with van der Waals surface area (Å²) in [5, 5.41) is 2.83. The summed E-state index contributed by atoms with van der Waals surface area (Å²) < 4.78 is 17.0. The lowest BCUT2D eigenvalue weighted by atomic mass is 10.2. The topological polar surface area (TPSA) is 73.6 Å². The maximum absolute atomic E-state index is 12.4. The van der Waals surface area contributed by atoms with Gasteiger partial charge in [-0.3, -0.25) is 4.79 Å². The molecule has 1 aromatic heterocycles. The number of hydrogen-bond donors (Lipinski definition) is 1. The fourth-order valence-electron chi connectivity index (χ4n) is 3.08. The van der Waals surface area contributed by atoms with E-state index in [1.165, 1.54) is 0 Å². The number of amides is 1. The molecule has 1 fully saturated rings. The van der Waals surface area contributed by atoms with E-state index in [9.17, 15) is 4.79 Å². The van der Waals surface area contributed by atoms with E-state index >= 15 is 0 Å². The number of benzene rings is 2. The van der Waals surface area contributed by atoms with Crippen LogP contribution in [0.15, 0.2) is 65.2 Å². The molecule has 1 amide bonds. The van der Waals surface area contributed by atoms with Crippen LogP contribution in [0, 0.1) is 0 Å². The average Bonchev–Trinajstić information content (AvgIpc) is 3.43. The largest absolute Gasteiger partial charge is 0.491 e. The van der Waals surface area contributed by atoms with Gasteiger partial charge in [-0.2, -0.15) is 0 Å². The summed E-state index contributed by atoms with van der Waals surface area (Å²) in [6, 6.07) is 16.8. The summed E-state index contributed by atoms with van der Waals surface area (Å²) in [6.45, 7) is 1.51.